The number of carbonyl (C=O) groups excluding carboxylic acids is 2. The Hall–Kier alpha value is -2.45. The van der Waals surface area contributed by atoms with Crippen molar-refractivity contribution in [3.05, 3.63) is 21.9 Å². The minimum absolute atomic E-state index is 0.0869. The van der Waals surface area contributed by atoms with E-state index in [0.717, 1.165) is 0 Å². The molecule has 0 aromatic heterocycles. The Bertz CT molecular complexity index is 413. The fraction of sp³-hybridized carbons (Fsp3) is 0.444. The lowest BCUT2D eigenvalue weighted by Gasteiger charge is -2.08. The van der Waals surface area contributed by atoms with E-state index in [1.807, 2.05) is 5.43 Å². The van der Waals surface area contributed by atoms with Crippen LogP contribution in [0.15, 0.2) is 16.9 Å². The number of carbonyl (C=O) groups is 2. The van der Waals surface area contributed by atoms with Crippen molar-refractivity contribution in [1.82, 2.24) is 5.43 Å². The Morgan fingerprint density at radius 3 is 2.44 bits per heavy atom. The first-order chi connectivity index (χ1) is 8.23. The van der Waals surface area contributed by atoms with Crippen LogP contribution in [0.3, 0.4) is 0 Å². The molecule has 0 radical (unpaired) electrons. The molecule has 0 aliphatic rings. The van der Waals surface area contributed by atoms with E-state index in [1.165, 1.54) is 6.92 Å². The molecule has 0 aliphatic carbocycles. The van der Waals surface area contributed by atoms with Gasteiger partial charge in [-0.1, -0.05) is 0 Å². The van der Waals surface area contributed by atoms with Gasteiger partial charge in [-0.05, 0) is 20.8 Å². The predicted molar refractivity (Wildman–Crippen MR) is 62.1 cm³/mol. The number of amides is 2. The molecule has 0 aromatic rings. The molecule has 100 valence electrons. The molecule has 9 heteroatoms. The number of ether oxygens (including phenoxy) is 1. The van der Waals surface area contributed by atoms with Gasteiger partial charge in [-0.15, -0.1) is 0 Å². The first-order valence-electron chi connectivity index (χ1n) is 4.90. The third-order valence-electron chi connectivity index (χ3n) is 1.52. The highest BCUT2D eigenvalue weighted by molar-refractivity contribution is 6.18. The van der Waals surface area contributed by atoms with E-state index >= 15 is 0 Å². The average Bonchev–Trinajstić information content (AvgIpc) is 2.21. The molecule has 0 bridgehead atoms. The van der Waals surface area contributed by atoms with Crippen molar-refractivity contribution in [2.24, 2.45) is 10.8 Å². The number of hydrogen-bond donors (Lipinski definition) is 2. The number of urea groups is 1. The van der Waals surface area contributed by atoms with Gasteiger partial charge in [-0.2, -0.15) is 5.10 Å². The van der Waals surface area contributed by atoms with Gasteiger partial charge in [0, 0.05) is 0 Å². The summed E-state index contributed by atoms with van der Waals surface area (Å²) >= 11 is 0. The number of nitrogens with two attached hydrogens (primary N) is 1. The van der Waals surface area contributed by atoms with E-state index in [-0.39, 0.29) is 11.3 Å². The Labute approximate surface area is 103 Å². The lowest BCUT2D eigenvalue weighted by atomic mass is 10.2. The van der Waals surface area contributed by atoms with Crippen molar-refractivity contribution in [2.75, 3.05) is 0 Å². The highest BCUT2D eigenvalue weighted by Crippen LogP contribution is 2.04. The zero-order valence-electron chi connectivity index (χ0n) is 10.2. The summed E-state index contributed by atoms with van der Waals surface area (Å²) in [6, 6.07) is -0.952. The molecule has 0 saturated carbocycles. The summed E-state index contributed by atoms with van der Waals surface area (Å²) in [5, 5.41) is 13.8. The van der Waals surface area contributed by atoms with Crippen molar-refractivity contribution < 1.29 is 19.2 Å². The SMILES string of the molecule is CC(=N\NC(N)=O)/C(=C/[N+](=O)[O-])C(=O)OC(C)C. The maximum atomic E-state index is 11.6. The molecule has 0 rings (SSSR count). The standard InChI is InChI=1S/C9H14N4O5/c1-5(2)18-8(14)7(4-13(16)17)6(3)11-12-9(10)15/h4-5H,1-3H3,(H3,10,12,15)/b7-4-,11-6+. The van der Waals surface area contributed by atoms with Gasteiger partial charge in [0.25, 0.3) is 6.20 Å². The Morgan fingerprint density at radius 2 is 2.06 bits per heavy atom. The Morgan fingerprint density at radius 1 is 1.50 bits per heavy atom. The summed E-state index contributed by atoms with van der Waals surface area (Å²) in [6.45, 7) is 4.48. The monoisotopic (exact) mass is 258 g/mol. The van der Waals surface area contributed by atoms with Crippen molar-refractivity contribution >= 4 is 17.7 Å². The van der Waals surface area contributed by atoms with Crippen molar-refractivity contribution in [3.63, 3.8) is 0 Å². The molecule has 0 saturated heterocycles. The summed E-state index contributed by atoms with van der Waals surface area (Å²) < 4.78 is 4.80. The third kappa shape index (κ3) is 6.20. The highest BCUT2D eigenvalue weighted by atomic mass is 16.6. The van der Waals surface area contributed by atoms with Crippen LogP contribution in [0.4, 0.5) is 4.79 Å². The van der Waals surface area contributed by atoms with Crippen molar-refractivity contribution in [1.29, 1.82) is 0 Å². The molecule has 0 heterocycles. The molecular formula is C9H14N4O5. The topological polar surface area (TPSA) is 137 Å². The molecule has 0 atom stereocenters. The number of nitrogens with one attached hydrogen (secondary N) is 1. The number of nitro groups is 1. The van der Waals surface area contributed by atoms with E-state index in [4.69, 9.17) is 10.5 Å². The van der Waals surface area contributed by atoms with E-state index in [1.54, 1.807) is 13.8 Å². The molecule has 0 spiro atoms. The van der Waals surface area contributed by atoms with Crippen LogP contribution in [0.1, 0.15) is 20.8 Å². The van der Waals surface area contributed by atoms with Crippen LogP contribution in [0.5, 0.6) is 0 Å². The van der Waals surface area contributed by atoms with Crippen LogP contribution < -0.4 is 11.2 Å². The number of esters is 1. The normalized spacial score (nSPS) is 12.2. The minimum Gasteiger partial charge on any atom is -0.459 e. The summed E-state index contributed by atoms with van der Waals surface area (Å²) in [5.41, 5.74) is 6.18. The van der Waals surface area contributed by atoms with Gasteiger partial charge >= 0.3 is 12.0 Å². The lowest BCUT2D eigenvalue weighted by molar-refractivity contribution is -0.402. The van der Waals surface area contributed by atoms with Gasteiger partial charge in [0.2, 0.25) is 0 Å². The number of nitrogens with zero attached hydrogens (tertiary/aromatic N) is 2. The second kappa shape index (κ2) is 6.99. The van der Waals surface area contributed by atoms with E-state index in [2.05, 4.69) is 5.10 Å². The smallest absolute Gasteiger partial charge is 0.346 e. The number of hydrogen-bond acceptors (Lipinski definition) is 6. The zero-order chi connectivity index (χ0) is 14.3. The van der Waals surface area contributed by atoms with E-state index in [9.17, 15) is 19.7 Å². The minimum atomic E-state index is -0.952. The van der Waals surface area contributed by atoms with Crippen molar-refractivity contribution in [2.45, 2.75) is 26.9 Å². The highest BCUT2D eigenvalue weighted by Gasteiger charge is 2.20. The van der Waals surface area contributed by atoms with E-state index in [0.29, 0.717) is 6.20 Å². The van der Waals surface area contributed by atoms with E-state index < -0.39 is 23.0 Å². The van der Waals surface area contributed by atoms with Crippen LogP contribution in [-0.4, -0.2) is 28.7 Å². The quantitative estimate of drug-likeness (QED) is 0.237. The van der Waals surface area contributed by atoms with Gasteiger partial charge in [0.05, 0.1) is 16.7 Å². The molecular weight excluding hydrogens is 244 g/mol. The summed E-state index contributed by atoms with van der Waals surface area (Å²) in [5.74, 6) is -0.908. The summed E-state index contributed by atoms with van der Waals surface area (Å²) in [7, 11) is 0. The Balaban J connectivity index is 5.12. The van der Waals surface area contributed by atoms with Gasteiger partial charge in [0.1, 0.15) is 0 Å². The molecule has 9 nitrogen and oxygen atoms in total. The largest absolute Gasteiger partial charge is 0.459 e. The fourth-order valence-electron chi connectivity index (χ4n) is 0.876. The molecule has 18 heavy (non-hydrogen) atoms. The maximum Gasteiger partial charge on any atom is 0.346 e. The number of hydrazone groups is 1. The number of rotatable bonds is 5. The zero-order valence-corrected chi connectivity index (χ0v) is 10.2. The molecule has 0 aliphatic heterocycles. The second-order valence-corrected chi connectivity index (χ2v) is 3.46. The maximum absolute atomic E-state index is 11.6. The number of primary amides is 1. The predicted octanol–water partition coefficient (Wildman–Crippen LogP) is 0.143. The van der Waals surface area contributed by atoms with Crippen LogP contribution >= 0.6 is 0 Å². The second-order valence-electron chi connectivity index (χ2n) is 3.46. The first kappa shape index (κ1) is 15.6. The van der Waals surface area contributed by atoms with Crippen LogP contribution in [0, 0.1) is 10.1 Å². The van der Waals surface area contributed by atoms with Gasteiger partial charge in [-0.25, -0.2) is 15.0 Å². The third-order valence-corrected chi connectivity index (χ3v) is 1.52. The molecule has 0 fully saturated rings. The van der Waals surface area contributed by atoms with Gasteiger partial charge in [-0.3, -0.25) is 10.1 Å². The summed E-state index contributed by atoms with van der Waals surface area (Å²) in [6.07, 6.45) is 0.0104. The van der Waals surface area contributed by atoms with Crippen LogP contribution in [-0.2, 0) is 9.53 Å². The van der Waals surface area contributed by atoms with Crippen LogP contribution in [0.25, 0.3) is 0 Å². The first-order valence-corrected chi connectivity index (χ1v) is 4.90. The van der Waals surface area contributed by atoms with Crippen LogP contribution in [0.2, 0.25) is 0 Å². The molecule has 0 unspecified atom stereocenters. The van der Waals surface area contributed by atoms with Crippen molar-refractivity contribution in [3.8, 4) is 0 Å². The van der Waals surface area contributed by atoms with Gasteiger partial charge < -0.3 is 10.5 Å². The lowest BCUT2D eigenvalue weighted by Crippen LogP contribution is -2.27. The molecule has 3 N–H and O–H groups in total. The molecule has 0 aromatic carbocycles. The van der Waals surface area contributed by atoms with Gasteiger partial charge in [0.15, 0.2) is 5.57 Å². The fourth-order valence-corrected chi connectivity index (χ4v) is 0.876. The Kier molecular flexibility index (Phi) is 6.04. The average molecular weight is 258 g/mol. The summed E-state index contributed by atoms with van der Waals surface area (Å²) in [4.78, 5) is 31.6. The molecule has 2 amide bonds.